The molecule has 1 atom stereocenters. The fourth-order valence-corrected chi connectivity index (χ4v) is 2.77. The highest BCUT2D eigenvalue weighted by atomic mass is 16.1. The summed E-state index contributed by atoms with van der Waals surface area (Å²) in [5.41, 5.74) is 3.12. The predicted molar refractivity (Wildman–Crippen MR) is 96.8 cm³/mol. The standard InChI is InChI=1S/C21H22N2O/c1-17(19-11-6-3-7-12-19)22-21(24)20-13-8-14-23(16-20)15-18-9-4-2-5-10-18/h2-12,14,16-17H,13,15H2,1H3,(H,22,24)/t17-/m1/s1. The molecule has 0 aliphatic carbocycles. The molecule has 1 N–H and O–H groups in total. The summed E-state index contributed by atoms with van der Waals surface area (Å²) in [6, 6.07) is 20.3. The molecule has 0 radical (unpaired) electrons. The summed E-state index contributed by atoms with van der Waals surface area (Å²) >= 11 is 0. The van der Waals surface area contributed by atoms with Crippen molar-refractivity contribution in [1.82, 2.24) is 10.2 Å². The van der Waals surface area contributed by atoms with E-state index in [0.29, 0.717) is 6.42 Å². The maximum atomic E-state index is 12.5. The number of hydrogen-bond acceptors (Lipinski definition) is 2. The van der Waals surface area contributed by atoms with Gasteiger partial charge in [0.1, 0.15) is 0 Å². The SMILES string of the molecule is C[C@@H](NC(=O)C1=CN(Cc2ccccc2)C=CC1)c1ccccc1. The van der Waals surface area contributed by atoms with Crippen molar-refractivity contribution in [3.8, 4) is 0 Å². The number of nitrogens with one attached hydrogen (secondary N) is 1. The zero-order valence-electron chi connectivity index (χ0n) is 13.9. The number of carbonyl (C=O) groups excluding carboxylic acids is 1. The molecule has 3 heteroatoms. The van der Waals surface area contributed by atoms with E-state index in [1.807, 2.05) is 73.9 Å². The average molecular weight is 318 g/mol. The number of hydrogen-bond donors (Lipinski definition) is 1. The molecule has 1 aliphatic heterocycles. The third-order valence-electron chi connectivity index (χ3n) is 4.10. The van der Waals surface area contributed by atoms with Crippen LogP contribution in [-0.2, 0) is 11.3 Å². The second-order valence-corrected chi connectivity index (χ2v) is 6.01. The first kappa shape index (κ1) is 16.1. The molecule has 0 bridgehead atoms. The smallest absolute Gasteiger partial charge is 0.249 e. The van der Waals surface area contributed by atoms with E-state index in [2.05, 4.69) is 22.3 Å². The Morgan fingerprint density at radius 1 is 1.08 bits per heavy atom. The van der Waals surface area contributed by atoms with Gasteiger partial charge >= 0.3 is 0 Å². The maximum absolute atomic E-state index is 12.5. The van der Waals surface area contributed by atoms with E-state index in [4.69, 9.17) is 0 Å². The van der Waals surface area contributed by atoms with E-state index in [-0.39, 0.29) is 11.9 Å². The van der Waals surface area contributed by atoms with Gasteiger partial charge in [0.2, 0.25) is 5.91 Å². The normalized spacial score (nSPS) is 14.9. The molecule has 0 saturated carbocycles. The zero-order chi connectivity index (χ0) is 16.8. The maximum Gasteiger partial charge on any atom is 0.249 e. The van der Waals surface area contributed by atoms with Crippen LogP contribution in [-0.4, -0.2) is 10.8 Å². The number of allylic oxidation sites excluding steroid dienone is 1. The van der Waals surface area contributed by atoms with Gasteiger partial charge in [0.15, 0.2) is 0 Å². The number of nitrogens with zero attached hydrogens (tertiary/aromatic N) is 1. The summed E-state index contributed by atoms with van der Waals surface area (Å²) in [6.07, 6.45) is 6.67. The van der Waals surface area contributed by atoms with E-state index in [1.165, 1.54) is 5.56 Å². The molecular formula is C21H22N2O. The Morgan fingerprint density at radius 3 is 2.46 bits per heavy atom. The van der Waals surface area contributed by atoms with E-state index >= 15 is 0 Å². The van der Waals surface area contributed by atoms with Gasteiger partial charge in [0.05, 0.1) is 6.04 Å². The molecule has 2 aromatic rings. The third-order valence-corrected chi connectivity index (χ3v) is 4.10. The summed E-state index contributed by atoms with van der Waals surface area (Å²) in [4.78, 5) is 14.6. The molecule has 24 heavy (non-hydrogen) atoms. The minimum atomic E-state index is -0.00641. The van der Waals surface area contributed by atoms with Crippen molar-refractivity contribution < 1.29 is 4.79 Å². The Kier molecular flexibility index (Phi) is 5.12. The molecular weight excluding hydrogens is 296 g/mol. The van der Waals surface area contributed by atoms with Crippen molar-refractivity contribution in [3.05, 3.63) is 95.8 Å². The first-order chi connectivity index (χ1) is 11.7. The molecule has 0 aromatic heterocycles. The Morgan fingerprint density at radius 2 is 1.75 bits per heavy atom. The predicted octanol–water partition coefficient (Wildman–Crippen LogP) is 4.17. The molecule has 0 spiro atoms. The summed E-state index contributed by atoms with van der Waals surface area (Å²) < 4.78 is 0. The Hall–Kier alpha value is -2.81. The highest BCUT2D eigenvalue weighted by Gasteiger charge is 2.16. The van der Waals surface area contributed by atoms with Gasteiger partial charge in [-0.15, -0.1) is 0 Å². The van der Waals surface area contributed by atoms with Crippen molar-refractivity contribution in [2.45, 2.75) is 25.9 Å². The topological polar surface area (TPSA) is 32.3 Å². The molecule has 0 fully saturated rings. The summed E-state index contributed by atoms with van der Waals surface area (Å²) in [5, 5.41) is 3.08. The highest BCUT2D eigenvalue weighted by Crippen LogP contribution is 2.17. The lowest BCUT2D eigenvalue weighted by Crippen LogP contribution is -2.29. The zero-order valence-corrected chi connectivity index (χ0v) is 13.9. The first-order valence-electron chi connectivity index (χ1n) is 8.25. The minimum absolute atomic E-state index is 0.00577. The van der Waals surface area contributed by atoms with Gasteiger partial charge in [-0.05, 0) is 24.5 Å². The molecule has 1 aliphatic rings. The van der Waals surface area contributed by atoms with Crippen LogP contribution in [0.15, 0.2) is 84.7 Å². The molecule has 2 aromatic carbocycles. The summed E-state index contributed by atoms with van der Waals surface area (Å²) in [7, 11) is 0. The van der Waals surface area contributed by atoms with Crippen LogP contribution in [0.1, 0.15) is 30.5 Å². The van der Waals surface area contributed by atoms with Crippen LogP contribution in [0.3, 0.4) is 0 Å². The second kappa shape index (κ2) is 7.64. The van der Waals surface area contributed by atoms with Crippen molar-refractivity contribution in [3.63, 3.8) is 0 Å². The largest absolute Gasteiger partial charge is 0.350 e. The lowest BCUT2D eigenvalue weighted by atomic mass is 10.1. The van der Waals surface area contributed by atoms with E-state index in [9.17, 15) is 4.79 Å². The Bertz CT molecular complexity index is 735. The molecule has 1 heterocycles. The van der Waals surface area contributed by atoms with Crippen LogP contribution in [0.25, 0.3) is 0 Å². The van der Waals surface area contributed by atoms with Crippen LogP contribution in [0.5, 0.6) is 0 Å². The fourth-order valence-electron chi connectivity index (χ4n) is 2.77. The summed E-state index contributed by atoms with van der Waals surface area (Å²) in [6.45, 7) is 2.77. The quantitative estimate of drug-likeness (QED) is 0.897. The van der Waals surface area contributed by atoms with Crippen LogP contribution < -0.4 is 5.32 Å². The highest BCUT2D eigenvalue weighted by molar-refractivity contribution is 5.94. The molecule has 3 rings (SSSR count). The Balaban J connectivity index is 1.64. The van der Waals surface area contributed by atoms with Crippen molar-refractivity contribution in [2.24, 2.45) is 0 Å². The molecule has 0 saturated heterocycles. The summed E-state index contributed by atoms with van der Waals surface area (Å²) in [5.74, 6) is -0.00577. The van der Waals surface area contributed by atoms with E-state index < -0.39 is 0 Å². The van der Waals surface area contributed by atoms with Crippen LogP contribution in [0, 0.1) is 0 Å². The van der Waals surface area contributed by atoms with Gasteiger partial charge < -0.3 is 10.2 Å². The van der Waals surface area contributed by atoms with Crippen molar-refractivity contribution in [2.75, 3.05) is 0 Å². The second-order valence-electron chi connectivity index (χ2n) is 6.01. The minimum Gasteiger partial charge on any atom is -0.350 e. The average Bonchev–Trinajstić information content (AvgIpc) is 2.63. The number of rotatable bonds is 5. The lowest BCUT2D eigenvalue weighted by Gasteiger charge is -2.22. The molecule has 0 unspecified atom stereocenters. The van der Waals surface area contributed by atoms with Crippen molar-refractivity contribution >= 4 is 5.91 Å². The molecule has 1 amide bonds. The number of benzene rings is 2. The Labute approximate surface area is 143 Å². The number of amides is 1. The monoisotopic (exact) mass is 318 g/mol. The van der Waals surface area contributed by atoms with E-state index in [1.54, 1.807) is 0 Å². The van der Waals surface area contributed by atoms with Gasteiger partial charge in [0.25, 0.3) is 0 Å². The van der Waals surface area contributed by atoms with Crippen LogP contribution in [0.2, 0.25) is 0 Å². The van der Waals surface area contributed by atoms with E-state index in [0.717, 1.165) is 17.7 Å². The van der Waals surface area contributed by atoms with Gasteiger partial charge in [-0.25, -0.2) is 0 Å². The lowest BCUT2D eigenvalue weighted by molar-refractivity contribution is -0.118. The van der Waals surface area contributed by atoms with Gasteiger partial charge in [-0.2, -0.15) is 0 Å². The van der Waals surface area contributed by atoms with Crippen LogP contribution >= 0.6 is 0 Å². The number of carbonyl (C=O) groups is 1. The first-order valence-corrected chi connectivity index (χ1v) is 8.25. The molecule has 3 nitrogen and oxygen atoms in total. The fraction of sp³-hybridized carbons (Fsp3) is 0.190. The van der Waals surface area contributed by atoms with Crippen molar-refractivity contribution in [1.29, 1.82) is 0 Å². The van der Waals surface area contributed by atoms with Crippen LogP contribution in [0.4, 0.5) is 0 Å². The third kappa shape index (κ3) is 4.13. The van der Waals surface area contributed by atoms with Gasteiger partial charge in [-0.1, -0.05) is 66.7 Å². The van der Waals surface area contributed by atoms with Gasteiger partial charge in [0, 0.05) is 24.5 Å². The molecule has 122 valence electrons. The van der Waals surface area contributed by atoms with Gasteiger partial charge in [-0.3, -0.25) is 4.79 Å².